The predicted molar refractivity (Wildman–Crippen MR) is 75.5 cm³/mol. The smallest absolute Gasteiger partial charge is 0.333 e. The second-order valence-corrected chi connectivity index (χ2v) is 5.80. The molecule has 0 unspecified atom stereocenters. The summed E-state index contributed by atoms with van der Waals surface area (Å²) in [5.74, 6) is -2.18. The van der Waals surface area contributed by atoms with Gasteiger partial charge in [0.15, 0.2) is 0 Å². The molecule has 0 radical (unpaired) electrons. The van der Waals surface area contributed by atoms with Crippen LogP contribution in [0.1, 0.15) is 12.5 Å². The first kappa shape index (κ1) is 17.9. The van der Waals surface area contributed by atoms with Crippen molar-refractivity contribution in [3.05, 3.63) is 29.8 Å². The minimum atomic E-state index is -4.60. The van der Waals surface area contributed by atoms with Gasteiger partial charge in [0.2, 0.25) is 5.91 Å². The van der Waals surface area contributed by atoms with Crippen LogP contribution in [0.2, 0.25) is 0 Å². The first-order valence-corrected chi connectivity index (χ1v) is 7.57. The van der Waals surface area contributed by atoms with E-state index in [2.05, 4.69) is 5.32 Å². The van der Waals surface area contributed by atoms with Crippen LogP contribution in [0.15, 0.2) is 24.3 Å². The zero-order valence-corrected chi connectivity index (χ0v) is 12.4. The fourth-order valence-corrected chi connectivity index (χ4v) is 2.39. The van der Waals surface area contributed by atoms with Gasteiger partial charge in [0.05, 0.1) is 12.5 Å². The fraction of sp³-hybridized carbons (Fsp3) is 0.333. The maximum Gasteiger partial charge on any atom is 0.333 e. The van der Waals surface area contributed by atoms with Crippen molar-refractivity contribution in [3.8, 4) is 5.75 Å². The van der Waals surface area contributed by atoms with Crippen molar-refractivity contribution in [2.75, 3.05) is 0 Å². The molecule has 0 saturated carbocycles. The van der Waals surface area contributed by atoms with Gasteiger partial charge in [0.25, 0.3) is 0 Å². The summed E-state index contributed by atoms with van der Waals surface area (Å²) in [5, 5.41) is 20.5. The maximum absolute atomic E-state index is 11.8. The lowest BCUT2D eigenvalue weighted by atomic mass is 10.1. The van der Waals surface area contributed by atoms with Crippen LogP contribution in [0.5, 0.6) is 5.75 Å². The molecule has 0 aromatic heterocycles. The Hall–Kier alpha value is -2.17. The number of nitrogens with one attached hydrogen (secondary N) is 2. The summed E-state index contributed by atoms with van der Waals surface area (Å²) in [6.07, 6.45) is -0.198. The van der Waals surface area contributed by atoms with E-state index in [4.69, 9.17) is 9.66 Å². The molecule has 0 heterocycles. The zero-order chi connectivity index (χ0) is 16.9. The normalized spacial score (nSPS) is 14.1. The highest BCUT2D eigenvalue weighted by atomic mass is 32.2. The number of carbonyl (C=O) groups is 2. The molecule has 0 bridgehead atoms. The average molecular weight is 332 g/mol. The lowest BCUT2D eigenvalue weighted by molar-refractivity contribution is -0.142. The second kappa shape index (κ2) is 7.20. The molecule has 2 atom stereocenters. The van der Waals surface area contributed by atoms with Gasteiger partial charge in [-0.3, -0.25) is 9.35 Å². The summed E-state index contributed by atoms with van der Waals surface area (Å²) >= 11 is 0. The number of carboxylic acids is 1. The Bertz CT molecular complexity index is 659. The summed E-state index contributed by atoms with van der Waals surface area (Å²) in [5.41, 5.74) is 0.456. The third kappa shape index (κ3) is 6.08. The van der Waals surface area contributed by atoms with E-state index in [1.54, 1.807) is 10.8 Å². The highest BCUT2D eigenvalue weighted by molar-refractivity contribution is 7.83. The number of phenolic OH excluding ortho intramolecular Hbond substituents is 1. The van der Waals surface area contributed by atoms with Crippen molar-refractivity contribution >= 4 is 22.2 Å². The Kier molecular flexibility index (Phi) is 5.85. The van der Waals surface area contributed by atoms with Crippen molar-refractivity contribution in [2.24, 2.45) is 0 Å². The molecule has 0 saturated heterocycles. The van der Waals surface area contributed by atoms with Crippen molar-refractivity contribution in [1.29, 1.82) is 0 Å². The molecule has 1 amide bonds. The Balaban J connectivity index is 2.74. The Morgan fingerprint density at radius 3 is 2.45 bits per heavy atom. The molecule has 0 spiro atoms. The number of hydrogen-bond donors (Lipinski definition) is 5. The maximum atomic E-state index is 11.8. The number of rotatable bonds is 7. The van der Waals surface area contributed by atoms with Gasteiger partial charge in [-0.15, -0.1) is 0 Å². The van der Waals surface area contributed by atoms with Crippen LogP contribution in [-0.2, 0) is 26.3 Å². The molecule has 22 heavy (non-hydrogen) atoms. The number of hydrogen-bond acceptors (Lipinski definition) is 5. The monoisotopic (exact) mass is 332 g/mol. The predicted octanol–water partition coefficient (Wildman–Crippen LogP) is -0.715. The Labute approximate surface area is 126 Å². The van der Waals surface area contributed by atoms with Gasteiger partial charge in [0.1, 0.15) is 11.8 Å². The molecule has 0 aliphatic rings. The number of carboxylic acid groups (broad SMARTS) is 1. The van der Waals surface area contributed by atoms with Gasteiger partial charge >= 0.3 is 16.3 Å². The largest absolute Gasteiger partial charge is 0.508 e. The van der Waals surface area contributed by atoms with E-state index in [1.165, 1.54) is 25.1 Å². The van der Waals surface area contributed by atoms with Crippen LogP contribution in [0.3, 0.4) is 0 Å². The van der Waals surface area contributed by atoms with Crippen LogP contribution < -0.4 is 10.0 Å². The van der Waals surface area contributed by atoms with E-state index in [-0.39, 0.29) is 12.2 Å². The topological polar surface area (TPSA) is 153 Å². The van der Waals surface area contributed by atoms with E-state index in [0.717, 1.165) is 0 Å². The fourth-order valence-electron chi connectivity index (χ4n) is 1.78. The number of carbonyl (C=O) groups excluding carboxylic acids is 1. The molecule has 122 valence electrons. The molecule has 0 fully saturated rings. The van der Waals surface area contributed by atoms with Crippen LogP contribution in [0, 0.1) is 0 Å². The van der Waals surface area contributed by atoms with E-state index in [0.29, 0.717) is 5.56 Å². The van der Waals surface area contributed by atoms with Gasteiger partial charge in [-0.2, -0.15) is 13.1 Å². The number of aromatic hydroxyl groups is 1. The van der Waals surface area contributed by atoms with Gasteiger partial charge in [-0.25, -0.2) is 4.79 Å². The van der Waals surface area contributed by atoms with Crippen molar-refractivity contribution < 1.29 is 32.8 Å². The van der Waals surface area contributed by atoms with Crippen LogP contribution in [0.25, 0.3) is 0 Å². The van der Waals surface area contributed by atoms with Crippen LogP contribution >= 0.6 is 0 Å². The molecule has 1 aromatic rings. The molecule has 0 aliphatic carbocycles. The first-order chi connectivity index (χ1) is 10.1. The van der Waals surface area contributed by atoms with E-state index in [9.17, 15) is 23.1 Å². The van der Waals surface area contributed by atoms with Gasteiger partial charge in [-0.1, -0.05) is 12.1 Å². The minimum Gasteiger partial charge on any atom is -0.508 e. The molecule has 0 aliphatic heterocycles. The molecule has 9 nitrogen and oxygen atoms in total. The molecule has 5 N–H and O–H groups in total. The highest BCUT2D eigenvalue weighted by Crippen LogP contribution is 2.11. The Morgan fingerprint density at radius 1 is 1.32 bits per heavy atom. The van der Waals surface area contributed by atoms with Gasteiger partial charge < -0.3 is 15.5 Å². The van der Waals surface area contributed by atoms with E-state index >= 15 is 0 Å². The molecular formula is C12H16N2O7S. The van der Waals surface area contributed by atoms with E-state index in [1.807, 2.05) is 0 Å². The summed E-state index contributed by atoms with van der Waals surface area (Å²) in [6, 6.07) is 3.02. The second-order valence-electron chi connectivity index (χ2n) is 4.61. The zero-order valence-electron chi connectivity index (χ0n) is 11.6. The van der Waals surface area contributed by atoms with Crippen LogP contribution in [-0.4, -0.2) is 47.1 Å². The first-order valence-electron chi connectivity index (χ1n) is 6.13. The Morgan fingerprint density at radius 2 is 1.95 bits per heavy atom. The lowest BCUT2D eigenvalue weighted by Crippen LogP contribution is -2.54. The van der Waals surface area contributed by atoms with Crippen molar-refractivity contribution in [1.82, 2.24) is 10.0 Å². The summed E-state index contributed by atoms with van der Waals surface area (Å²) in [4.78, 5) is 22.9. The average Bonchev–Trinajstić information content (AvgIpc) is 2.33. The SMILES string of the molecule is C[C@H](NS(=O)(=O)O)[C@H](NC(=O)Cc1cccc(O)c1)C(=O)O. The van der Waals surface area contributed by atoms with Crippen molar-refractivity contribution in [2.45, 2.75) is 25.4 Å². The molecule has 1 aromatic carbocycles. The molecule has 1 rings (SSSR count). The number of phenols is 1. The van der Waals surface area contributed by atoms with E-state index < -0.39 is 34.3 Å². The standard InChI is InChI=1S/C12H16N2O7S/c1-7(14-22(19,20)21)11(12(17)18)13-10(16)6-8-3-2-4-9(15)5-8/h2-5,7,11,14-15H,6H2,1H3,(H,13,16)(H,17,18)(H,19,20,21)/t7-,11-/m0/s1. The molecule has 10 heteroatoms. The minimum absolute atomic E-state index is 0.0403. The van der Waals surface area contributed by atoms with Crippen LogP contribution in [0.4, 0.5) is 0 Å². The summed E-state index contributed by atoms with van der Waals surface area (Å²) in [6.45, 7) is 1.18. The summed E-state index contributed by atoms with van der Waals surface area (Å²) in [7, 11) is -4.60. The van der Waals surface area contributed by atoms with Gasteiger partial charge in [0, 0.05) is 0 Å². The third-order valence-corrected chi connectivity index (χ3v) is 3.36. The quantitative estimate of drug-likeness (QED) is 0.413. The number of amides is 1. The summed E-state index contributed by atoms with van der Waals surface area (Å²) < 4.78 is 31.7. The molecular weight excluding hydrogens is 316 g/mol. The lowest BCUT2D eigenvalue weighted by Gasteiger charge is -2.21. The van der Waals surface area contributed by atoms with Crippen molar-refractivity contribution in [3.63, 3.8) is 0 Å². The third-order valence-electron chi connectivity index (χ3n) is 2.69. The van der Waals surface area contributed by atoms with Gasteiger partial charge in [-0.05, 0) is 24.6 Å². The highest BCUT2D eigenvalue weighted by Gasteiger charge is 2.29. The number of benzene rings is 1. The number of aliphatic carboxylic acids is 1.